The molecule has 3 N–H and O–H groups in total. The van der Waals surface area contributed by atoms with Crippen molar-refractivity contribution < 1.29 is 29.3 Å². The van der Waals surface area contributed by atoms with E-state index < -0.39 is 35.4 Å². The molecule has 1 heterocycles. The molecule has 0 spiro atoms. The van der Waals surface area contributed by atoms with Gasteiger partial charge in [0, 0.05) is 13.0 Å². The van der Waals surface area contributed by atoms with Gasteiger partial charge in [-0.3, -0.25) is 14.5 Å². The van der Waals surface area contributed by atoms with Gasteiger partial charge in [0.25, 0.3) is 0 Å². The molecule has 4 rings (SSSR count). The number of fused-ring (bicyclic) bond motifs is 1. The summed E-state index contributed by atoms with van der Waals surface area (Å²) in [6.07, 6.45) is 2.06. The molecule has 35 heavy (non-hydrogen) atoms. The Morgan fingerprint density at radius 2 is 1.89 bits per heavy atom. The fourth-order valence-corrected chi connectivity index (χ4v) is 5.49. The molecule has 0 saturated carbocycles. The van der Waals surface area contributed by atoms with Gasteiger partial charge in [-0.2, -0.15) is 0 Å². The smallest absolute Gasteiger partial charge is 0.233 e. The molecule has 4 atom stereocenters. The number of aromatic hydroxyl groups is 1. The van der Waals surface area contributed by atoms with Crippen molar-refractivity contribution in [2.45, 2.75) is 32.3 Å². The van der Waals surface area contributed by atoms with Gasteiger partial charge < -0.3 is 15.3 Å². The molecular formula is C28H30FNO5. The fourth-order valence-electron chi connectivity index (χ4n) is 5.49. The molecule has 2 aliphatic rings. The number of imide groups is 1. The lowest BCUT2D eigenvalue weighted by molar-refractivity contribution is -0.138. The second-order valence-corrected chi connectivity index (χ2v) is 9.40. The highest BCUT2D eigenvalue weighted by molar-refractivity contribution is 6.05. The molecule has 184 valence electrons. The van der Waals surface area contributed by atoms with Crippen molar-refractivity contribution in [2.75, 3.05) is 13.7 Å². The number of phenols is 1. The van der Waals surface area contributed by atoms with E-state index in [0.717, 1.165) is 21.6 Å². The molecule has 1 aliphatic heterocycles. The van der Waals surface area contributed by atoms with Crippen molar-refractivity contribution in [3.63, 3.8) is 0 Å². The second-order valence-electron chi connectivity index (χ2n) is 9.40. The number of hydrogen-bond acceptors (Lipinski definition) is 5. The van der Waals surface area contributed by atoms with E-state index in [4.69, 9.17) is 0 Å². The second kappa shape index (κ2) is 10.1. The van der Waals surface area contributed by atoms with E-state index in [0.29, 0.717) is 30.4 Å². The number of carbonyl (C=O) groups excluding carboxylic acids is 2. The Hall–Kier alpha value is -3.29. The standard InChI is InChI=1S/C28H30FNO5/c1-16-12-20-26(28(35)30(2)27(20)34)21(15-31)25(16)24(33)11-9-19(18-6-4-3-5-7-18)13-17-8-10-23(32)22(29)14-17/h3-8,10,13-14,20-21,24,26,31-33H,9,11-12,15H2,1-2H3/b19-13-/t20-,21+,24-,26-/m1/s1. The fraction of sp³-hybridized carbons (Fsp3) is 0.357. The van der Waals surface area contributed by atoms with Gasteiger partial charge in [0.15, 0.2) is 11.6 Å². The van der Waals surface area contributed by atoms with Crippen LogP contribution in [0.5, 0.6) is 5.75 Å². The third kappa shape index (κ3) is 4.79. The van der Waals surface area contributed by atoms with Crippen LogP contribution in [0.4, 0.5) is 4.39 Å². The van der Waals surface area contributed by atoms with Gasteiger partial charge in [-0.1, -0.05) is 48.0 Å². The number of aliphatic hydroxyl groups is 2. The molecule has 1 fully saturated rings. The summed E-state index contributed by atoms with van der Waals surface area (Å²) in [5.41, 5.74) is 3.83. The maximum absolute atomic E-state index is 13.9. The molecule has 1 saturated heterocycles. The summed E-state index contributed by atoms with van der Waals surface area (Å²) in [6.45, 7) is 1.52. The SMILES string of the molecule is CC1=C([C@H](O)CC/C(=C/c2ccc(O)c(F)c2)c2ccccc2)[C@H](CO)[C@@H]2C(=O)N(C)C(=O)[C@@H]2C1. The number of hydrogen-bond donors (Lipinski definition) is 3. The minimum Gasteiger partial charge on any atom is -0.505 e. The molecule has 6 nitrogen and oxygen atoms in total. The van der Waals surface area contributed by atoms with Crippen LogP contribution in [0.3, 0.4) is 0 Å². The first-order chi connectivity index (χ1) is 16.7. The zero-order chi connectivity index (χ0) is 25.3. The highest BCUT2D eigenvalue weighted by Gasteiger charge is 2.53. The van der Waals surface area contributed by atoms with E-state index in [2.05, 4.69) is 0 Å². The van der Waals surface area contributed by atoms with Crippen LogP contribution in [0.25, 0.3) is 11.6 Å². The molecular weight excluding hydrogens is 449 g/mol. The molecule has 0 bridgehead atoms. The molecule has 0 unspecified atom stereocenters. The van der Waals surface area contributed by atoms with Gasteiger partial charge >= 0.3 is 0 Å². The summed E-state index contributed by atoms with van der Waals surface area (Å²) >= 11 is 0. The van der Waals surface area contributed by atoms with E-state index >= 15 is 0 Å². The molecule has 2 amide bonds. The summed E-state index contributed by atoms with van der Waals surface area (Å²) in [5, 5.41) is 30.9. The lowest BCUT2D eigenvalue weighted by Gasteiger charge is -2.35. The first-order valence-corrected chi connectivity index (χ1v) is 11.8. The third-order valence-corrected chi connectivity index (χ3v) is 7.25. The summed E-state index contributed by atoms with van der Waals surface area (Å²) in [4.78, 5) is 26.4. The van der Waals surface area contributed by atoms with Crippen LogP contribution in [0, 0.1) is 23.6 Å². The Balaban J connectivity index is 1.60. The monoisotopic (exact) mass is 479 g/mol. The molecule has 0 aromatic heterocycles. The van der Waals surface area contributed by atoms with Crippen LogP contribution in [-0.4, -0.2) is 51.8 Å². The summed E-state index contributed by atoms with van der Waals surface area (Å²) in [6, 6.07) is 13.7. The number of phenolic OH excluding ortho intramolecular Hbond substituents is 1. The van der Waals surface area contributed by atoms with E-state index in [1.54, 1.807) is 6.07 Å². The van der Waals surface area contributed by atoms with E-state index in [1.165, 1.54) is 19.2 Å². The van der Waals surface area contributed by atoms with Gasteiger partial charge in [0.1, 0.15) is 0 Å². The summed E-state index contributed by atoms with van der Waals surface area (Å²) in [5.74, 6) is -3.44. The lowest BCUT2D eigenvalue weighted by atomic mass is 9.68. The highest BCUT2D eigenvalue weighted by atomic mass is 19.1. The number of nitrogens with zero attached hydrogens (tertiary/aromatic N) is 1. The van der Waals surface area contributed by atoms with Crippen LogP contribution in [0.2, 0.25) is 0 Å². The van der Waals surface area contributed by atoms with Crippen molar-refractivity contribution in [1.29, 1.82) is 0 Å². The van der Waals surface area contributed by atoms with Crippen molar-refractivity contribution in [3.05, 3.63) is 76.6 Å². The topological polar surface area (TPSA) is 98.1 Å². The minimum absolute atomic E-state index is 0.234. The Labute approximate surface area is 204 Å². The van der Waals surface area contributed by atoms with Crippen LogP contribution in [0.15, 0.2) is 59.7 Å². The Bertz CT molecular complexity index is 1190. The normalized spacial score (nSPS) is 23.6. The Morgan fingerprint density at radius 3 is 2.54 bits per heavy atom. The average Bonchev–Trinajstić information content (AvgIpc) is 3.06. The van der Waals surface area contributed by atoms with Gasteiger partial charge in [0.05, 0.1) is 24.5 Å². The van der Waals surface area contributed by atoms with Crippen molar-refractivity contribution in [3.8, 4) is 5.75 Å². The number of carbonyl (C=O) groups is 2. The van der Waals surface area contributed by atoms with Gasteiger partial charge in [-0.05, 0) is 60.6 Å². The zero-order valence-electron chi connectivity index (χ0n) is 19.8. The summed E-state index contributed by atoms with van der Waals surface area (Å²) < 4.78 is 13.9. The van der Waals surface area contributed by atoms with Crippen molar-refractivity contribution in [1.82, 2.24) is 4.90 Å². The number of amides is 2. The van der Waals surface area contributed by atoms with E-state index in [9.17, 15) is 29.3 Å². The Kier molecular flexibility index (Phi) is 7.19. The molecule has 7 heteroatoms. The van der Waals surface area contributed by atoms with E-state index in [-0.39, 0.29) is 18.4 Å². The highest BCUT2D eigenvalue weighted by Crippen LogP contribution is 2.45. The van der Waals surface area contributed by atoms with E-state index in [1.807, 2.05) is 43.3 Å². The zero-order valence-corrected chi connectivity index (χ0v) is 19.8. The number of allylic oxidation sites excluding steroid dienone is 2. The third-order valence-electron chi connectivity index (χ3n) is 7.25. The first kappa shape index (κ1) is 24.8. The number of aliphatic hydroxyl groups excluding tert-OH is 2. The van der Waals surface area contributed by atoms with Crippen molar-refractivity contribution in [2.24, 2.45) is 17.8 Å². The van der Waals surface area contributed by atoms with Gasteiger partial charge in [-0.25, -0.2) is 4.39 Å². The van der Waals surface area contributed by atoms with Gasteiger partial charge in [0.2, 0.25) is 11.8 Å². The largest absolute Gasteiger partial charge is 0.505 e. The average molecular weight is 480 g/mol. The van der Waals surface area contributed by atoms with Crippen LogP contribution < -0.4 is 0 Å². The maximum Gasteiger partial charge on any atom is 0.233 e. The maximum atomic E-state index is 13.9. The number of benzene rings is 2. The van der Waals surface area contributed by atoms with Crippen LogP contribution >= 0.6 is 0 Å². The van der Waals surface area contributed by atoms with Crippen molar-refractivity contribution >= 4 is 23.5 Å². The number of halogens is 1. The predicted octanol–water partition coefficient (Wildman–Crippen LogP) is 3.77. The predicted molar refractivity (Wildman–Crippen MR) is 130 cm³/mol. The number of likely N-dealkylation sites (tertiary alicyclic amines) is 1. The van der Waals surface area contributed by atoms with Crippen LogP contribution in [0.1, 0.15) is 37.3 Å². The van der Waals surface area contributed by atoms with Crippen LogP contribution in [-0.2, 0) is 9.59 Å². The molecule has 2 aromatic rings. The Morgan fingerprint density at radius 1 is 1.17 bits per heavy atom. The molecule has 1 aliphatic carbocycles. The minimum atomic E-state index is -0.912. The lowest BCUT2D eigenvalue weighted by Crippen LogP contribution is -2.38. The first-order valence-electron chi connectivity index (χ1n) is 11.8. The number of rotatable bonds is 7. The van der Waals surface area contributed by atoms with Gasteiger partial charge in [-0.15, -0.1) is 0 Å². The summed E-state index contributed by atoms with van der Waals surface area (Å²) in [7, 11) is 1.46. The molecule has 2 aromatic carbocycles. The molecule has 0 radical (unpaired) electrons. The quantitative estimate of drug-likeness (QED) is 0.319.